The molecule has 1 aromatic heterocycles. The molecule has 0 spiro atoms. The van der Waals surface area contributed by atoms with Gasteiger partial charge in [-0.3, -0.25) is 4.79 Å². The molecule has 0 amide bonds. The fourth-order valence-electron chi connectivity index (χ4n) is 1.19. The van der Waals surface area contributed by atoms with Crippen LogP contribution in [-0.4, -0.2) is 5.78 Å². The van der Waals surface area contributed by atoms with Gasteiger partial charge in [-0.05, 0) is 31.2 Å². The monoisotopic (exact) mass is 190 g/mol. The summed E-state index contributed by atoms with van der Waals surface area (Å²) in [6, 6.07) is 7.27. The lowest BCUT2D eigenvalue weighted by molar-refractivity contribution is 0.101. The Labute approximate surface area is 83.5 Å². The molecule has 0 aliphatic carbocycles. The molecule has 0 atom stereocenters. The number of carbonyl (C=O) groups excluding carboxylic acids is 1. The van der Waals surface area contributed by atoms with E-state index in [0.717, 1.165) is 16.5 Å². The van der Waals surface area contributed by atoms with E-state index >= 15 is 0 Å². The Balaban J connectivity index is 0.000000461. The lowest BCUT2D eigenvalue weighted by Crippen LogP contribution is -1.89. The zero-order valence-corrected chi connectivity index (χ0v) is 8.70. The van der Waals surface area contributed by atoms with Crippen LogP contribution in [0.1, 0.15) is 31.1 Å². The second-order valence-electron chi connectivity index (χ2n) is 2.73. The average molecular weight is 190 g/mol. The maximum atomic E-state index is 11.0. The van der Waals surface area contributed by atoms with Gasteiger partial charge < -0.3 is 4.42 Å². The molecule has 1 heterocycles. The summed E-state index contributed by atoms with van der Waals surface area (Å²) in [4.78, 5) is 11.0. The van der Waals surface area contributed by atoms with Crippen molar-refractivity contribution in [2.75, 3.05) is 0 Å². The Bertz CT molecular complexity index is 427. The van der Waals surface area contributed by atoms with Crippen molar-refractivity contribution in [2.45, 2.75) is 20.8 Å². The first-order valence-electron chi connectivity index (χ1n) is 4.75. The van der Waals surface area contributed by atoms with Gasteiger partial charge >= 0.3 is 0 Å². The van der Waals surface area contributed by atoms with Crippen molar-refractivity contribution in [3.63, 3.8) is 0 Å². The third-order valence-corrected chi connectivity index (χ3v) is 1.86. The van der Waals surface area contributed by atoms with Crippen molar-refractivity contribution < 1.29 is 9.21 Å². The van der Waals surface area contributed by atoms with E-state index < -0.39 is 0 Å². The van der Waals surface area contributed by atoms with E-state index in [1.165, 1.54) is 0 Å². The SMILES string of the molecule is CC.CC(=O)c1ccc2occc2c1. The molecule has 0 unspecified atom stereocenters. The van der Waals surface area contributed by atoms with Gasteiger partial charge in [-0.2, -0.15) is 0 Å². The number of Topliss-reactive ketones (excluding diaryl/α,β-unsaturated/α-hetero) is 1. The summed E-state index contributed by atoms with van der Waals surface area (Å²) in [7, 11) is 0. The average Bonchev–Trinajstić information content (AvgIpc) is 2.67. The maximum absolute atomic E-state index is 11.0. The molecule has 0 N–H and O–H groups in total. The topological polar surface area (TPSA) is 30.2 Å². The first kappa shape index (κ1) is 10.5. The zero-order valence-electron chi connectivity index (χ0n) is 8.70. The second-order valence-corrected chi connectivity index (χ2v) is 2.73. The number of hydrogen-bond donors (Lipinski definition) is 0. The van der Waals surface area contributed by atoms with Gasteiger partial charge in [0.25, 0.3) is 0 Å². The highest BCUT2D eigenvalue weighted by Crippen LogP contribution is 2.16. The van der Waals surface area contributed by atoms with E-state index in [4.69, 9.17) is 4.42 Å². The molecule has 2 aromatic rings. The smallest absolute Gasteiger partial charge is 0.159 e. The third-order valence-electron chi connectivity index (χ3n) is 1.86. The summed E-state index contributed by atoms with van der Waals surface area (Å²) in [6.45, 7) is 5.56. The van der Waals surface area contributed by atoms with Crippen LogP contribution in [-0.2, 0) is 0 Å². The number of fused-ring (bicyclic) bond motifs is 1. The van der Waals surface area contributed by atoms with Crippen LogP contribution in [0.2, 0.25) is 0 Å². The van der Waals surface area contributed by atoms with Crippen molar-refractivity contribution in [3.8, 4) is 0 Å². The summed E-state index contributed by atoms with van der Waals surface area (Å²) in [5.41, 5.74) is 1.55. The van der Waals surface area contributed by atoms with Crippen LogP contribution < -0.4 is 0 Å². The van der Waals surface area contributed by atoms with E-state index in [1.807, 2.05) is 32.0 Å². The predicted octanol–water partition coefficient (Wildman–Crippen LogP) is 3.66. The minimum Gasteiger partial charge on any atom is -0.464 e. The number of furan rings is 1. The van der Waals surface area contributed by atoms with E-state index in [-0.39, 0.29) is 5.78 Å². The van der Waals surface area contributed by atoms with Crippen LogP contribution >= 0.6 is 0 Å². The summed E-state index contributed by atoms with van der Waals surface area (Å²) in [5, 5.41) is 0.975. The molecule has 0 saturated heterocycles. The van der Waals surface area contributed by atoms with Crippen molar-refractivity contribution in [2.24, 2.45) is 0 Å². The maximum Gasteiger partial charge on any atom is 0.159 e. The molecule has 0 fully saturated rings. The molecule has 0 aliphatic rings. The number of hydrogen-bond acceptors (Lipinski definition) is 2. The number of benzene rings is 1. The first-order chi connectivity index (χ1) is 6.77. The number of rotatable bonds is 1. The fraction of sp³-hybridized carbons (Fsp3) is 0.250. The van der Waals surface area contributed by atoms with Gasteiger partial charge in [0.2, 0.25) is 0 Å². The van der Waals surface area contributed by atoms with Gasteiger partial charge in [-0.15, -0.1) is 0 Å². The minimum absolute atomic E-state index is 0.0816. The Kier molecular flexibility index (Phi) is 3.46. The molecular formula is C12H14O2. The normalized spacial score (nSPS) is 9.36. The van der Waals surface area contributed by atoms with Crippen LogP contribution in [0, 0.1) is 0 Å². The molecule has 0 saturated carbocycles. The van der Waals surface area contributed by atoms with E-state index in [2.05, 4.69) is 0 Å². The summed E-state index contributed by atoms with van der Waals surface area (Å²) >= 11 is 0. The Morgan fingerprint density at radius 3 is 2.57 bits per heavy atom. The largest absolute Gasteiger partial charge is 0.464 e. The molecule has 14 heavy (non-hydrogen) atoms. The molecule has 0 bridgehead atoms. The van der Waals surface area contributed by atoms with Crippen LogP contribution in [0.25, 0.3) is 11.0 Å². The molecular weight excluding hydrogens is 176 g/mol. The molecule has 2 rings (SSSR count). The van der Waals surface area contributed by atoms with Crippen molar-refractivity contribution in [1.82, 2.24) is 0 Å². The van der Waals surface area contributed by atoms with E-state index in [0.29, 0.717) is 0 Å². The molecule has 1 aromatic carbocycles. The quantitative estimate of drug-likeness (QED) is 0.642. The number of carbonyl (C=O) groups is 1. The first-order valence-corrected chi connectivity index (χ1v) is 4.75. The zero-order chi connectivity index (χ0) is 10.6. The molecule has 2 heteroatoms. The Morgan fingerprint density at radius 2 is 1.93 bits per heavy atom. The molecule has 0 aliphatic heterocycles. The second kappa shape index (κ2) is 4.61. The van der Waals surface area contributed by atoms with Crippen molar-refractivity contribution >= 4 is 16.8 Å². The van der Waals surface area contributed by atoms with Gasteiger partial charge in [-0.25, -0.2) is 0 Å². The van der Waals surface area contributed by atoms with Crippen LogP contribution in [0.3, 0.4) is 0 Å². The number of ketones is 1. The van der Waals surface area contributed by atoms with Crippen molar-refractivity contribution in [3.05, 3.63) is 36.1 Å². The van der Waals surface area contributed by atoms with Gasteiger partial charge in [-0.1, -0.05) is 13.8 Å². The molecule has 74 valence electrons. The lowest BCUT2D eigenvalue weighted by atomic mass is 10.1. The van der Waals surface area contributed by atoms with Gasteiger partial charge in [0, 0.05) is 10.9 Å². The summed E-state index contributed by atoms with van der Waals surface area (Å²) < 4.78 is 5.14. The van der Waals surface area contributed by atoms with Crippen LogP contribution in [0.15, 0.2) is 34.9 Å². The van der Waals surface area contributed by atoms with E-state index in [1.54, 1.807) is 19.3 Å². The predicted molar refractivity (Wildman–Crippen MR) is 57.6 cm³/mol. The minimum atomic E-state index is 0.0816. The highest BCUT2D eigenvalue weighted by Gasteiger charge is 2.01. The lowest BCUT2D eigenvalue weighted by Gasteiger charge is -1.93. The van der Waals surface area contributed by atoms with Gasteiger partial charge in [0.15, 0.2) is 5.78 Å². The molecule has 2 nitrogen and oxygen atoms in total. The highest BCUT2D eigenvalue weighted by molar-refractivity contribution is 5.97. The van der Waals surface area contributed by atoms with Gasteiger partial charge in [0.05, 0.1) is 6.26 Å². The van der Waals surface area contributed by atoms with E-state index in [9.17, 15) is 4.79 Å². The summed E-state index contributed by atoms with van der Waals surface area (Å²) in [6.07, 6.45) is 1.62. The third kappa shape index (κ3) is 2.02. The van der Waals surface area contributed by atoms with Crippen molar-refractivity contribution in [1.29, 1.82) is 0 Å². The van der Waals surface area contributed by atoms with Crippen LogP contribution in [0.5, 0.6) is 0 Å². The van der Waals surface area contributed by atoms with Crippen LogP contribution in [0.4, 0.5) is 0 Å². The Morgan fingerprint density at radius 1 is 1.21 bits per heavy atom. The molecule has 0 radical (unpaired) electrons. The fourth-order valence-corrected chi connectivity index (χ4v) is 1.19. The summed E-state index contributed by atoms with van der Waals surface area (Å²) in [5.74, 6) is 0.0816. The highest BCUT2D eigenvalue weighted by atomic mass is 16.3. The Hall–Kier alpha value is -1.57. The standard InChI is InChI=1S/C10H8O2.C2H6/c1-7(11)8-2-3-10-9(6-8)4-5-12-10;1-2/h2-6H,1H3;1-2H3. The van der Waals surface area contributed by atoms with Gasteiger partial charge in [0.1, 0.15) is 5.58 Å².